The highest BCUT2D eigenvalue weighted by Gasteiger charge is 2.32. The van der Waals surface area contributed by atoms with Gasteiger partial charge in [-0.1, -0.05) is 24.3 Å². The number of benzene rings is 2. The molecular formula is C21H14F4N4O2. The molecule has 0 aliphatic carbocycles. The lowest BCUT2D eigenvalue weighted by molar-refractivity contribution is -0.275. The van der Waals surface area contributed by atoms with Crippen molar-refractivity contribution in [1.82, 2.24) is 14.6 Å². The van der Waals surface area contributed by atoms with E-state index < -0.39 is 23.8 Å². The Bertz CT molecular complexity index is 1240. The minimum Gasteiger partial charge on any atom is -0.403 e. The lowest BCUT2D eigenvalue weighted by Crippen LogP contribution is -2.18. The molecule has 2 heterocycles. The Morgan fingerprint density at radius 3 is 2.52 bits per heavy atom. The van der Waals surface area contributed by atoms with Crippen LogP contribution in [0.25, 0.3) is 16.8 Å². The molecule has 4 rings (SSSR count). The molecule has 0 saturated heterocycles. The number of aromatic nitrogens is 3. The first-order chi connectivity index (χ1) is 14.8. The van der Waals surface area contributed by atoms with Crippen LogP contribution in [0.15, 0.2) is 67.1 Å². The number of hydrogen-bond donors (Lipinski definition) is 1. The van der Waals surface area contributed by atoms with Gasteiger partial charge in [0.05, 0.1) is 6.42 Å². The molecule has 0 fully saturated rings. The monoisotopic (exact) mass is 430 g/mol. The second-order valence-corrected chi connectivity index (χ2v) is 6.59. The normalized spacial score (nSPS) is 11.5. The first-order valence-electron chi connectivity index (χ1n) is 9.01. The van der Waals surface area contributed by atoms with Gasteiger partial charge in [0.25, 0.3) is 0 Å². The lowest BCUT2D eigenvalue weighted by atomic mass is 10.0. The molecule has 0 unspecified atom stereocenters. The van der Waals surface area contributed by atoms with Crippen LogP contribution in [0, 0.1) is 5.82 Å². The average Bonchev–Trinajstić information content (AvgIpc) is 3.17. The summed E-state index contributed by atoms with van der Waals surface area (Å²) >= 11 is 0. The summed E-state index contributed by atoms with van der Waals surface area (Å²) in [5, 5.41) is 6.49. The van der Waals surface area contributed by atoms with Crippen LogP contribution in [0.1, 0.15) is 5.56 Å². The van der Waals surface area contributed by atoms with Gasteiger partial charge in [-0.05, 0) is 41.0 Å². The van der Waals surface area contributed by atoms with Crippen molar-refractivity contribution in [3.05, 3.63) is 78.5 Å². The zero-order valence-corrected chi connectivity index (χ0v) is 15.7. The second kappa shape index (κ2) is 8.05. The number of rotatable bonds is 5. The van der Waals surface area contributed by atoms with E-state index in [1.165, 1.54) is 6.33 Å². The van der Waals surface area contributed by atoms with Crippen LogP contribution in [0.2, 0.25) is 0 Å². The highest BCUT2D eigenvalue weighted by atomic mass is 19.4. The predicted octanol–water partition coefficient (Wildman–Crippen LogP) is 4.62. The van der Waals surface area contributed by atoms with Gasteiger partial charge in [-0.25, -0.2) is 13.9 Å². The van der Waals surface area contributed by atoms with Gasteiger partial charge in [0.2, 0.25) is 5.91 Å². The second-order valence-electron chi connectivity index (χ2n) is 6.59. The molecule has 0 aliphatic heterocycles. The molecule has 0 radical (unpaired) electrons. The van der Waals surface area contributed by atoms with Crippen molar-refractivity contribution in [2.75, 3.05) is 5.32 Å². The van der Waals surface area contributed by atoms with Crippen molar-refractivity contribution in [3.8, 4) is 16.9 Å². The number of nitrogens with one attached hydrogen (secondary N) is 1. The van der Waals surface area contributed by atoms with Gasteiger partial charge in [-0.3, -0.25) is 4.79 Å². The quantitative estimate of drug-likeness (QED) is 0.470. The van der Waals surface area contributed by atoms with Crippen LogP contribution in [0.4, 0.5) is 23.2 Å². The maximum absolute atomic E-state index is 13.8. The van der Waals surface area contributed by atoms with Crippen LogP contribution in [-0.2, 0) is 11.2 Å². The van der Waals surface area contributed by atoms with Gasteiger partial charge < -0.3 is 10.1 Å². The molecule has 31 heavy (non-hydrogen) atoms. The number of hydrogen-bond acceptors (Lipinski definition) is 4. The number of alkyl halides is 3. The summed E-state index contributed by atoms with van der Waals surface area (Å²) in [5.74, 6) is -2.64. The minimum atomic E-state index is -5.00. The molecule has 0 aliphatic rings. The van der Waals surface area contributed by atoms with Crippen molar-refractivity contribution in [2.45, 2.75) is 12.8 Å². The van der Waals surface area contributed by atoms with E-state index in [-0.39, 0.29) is 12.1 Å². The third kappa shape index (κ3) is 4.97. The smallest absolute Gasteiger partial charge is 0.403 e. The highest BCUT2D eigenvalue weighted by molar-refractivity contribution is 5.92. The van der Waals surface area contributed by atoms with Gasteiger partial charge in [-0.2, -0.15) is 5.10 Å². The topological polar surface area (TPSA) is 68.5 Å². The van der Waals surface area contributed by atoms with Crippen LogP contribution in [-0.4, -0.2) is 26.9 Å². The third-order valence-electron chi connectivity index (χ3n) is 4.37. The standard InChI is InChI=1S/C21H14F4N4O2/c22-17-11-16(5-6-18(17)31-21(23,24)25)28-20(30)9-13-1-3-14(4-2-13)15-7-8-29-19(10-15)26-12-27-29/h1-8,10-12H,9H2,(H,28,30). The number of pyridine rings is 1. The summed E-state index contributed by atoms with van der Waals surface area (Å²) in [6.07, 6.45) is -1.74. The molecule has 1 amide bonds. The van der Waals surface area contributed by atoms with Crippen molar-refractivity contribution < 1.29 is 27.1 Å². The van der Waals surface area contributed by atoms with E-state index in [0.717, 1.165) is 29.3 Å². The van der Waals surface area contributed by atoms with Crippen LogP contribution < -0.4 is 10.1 Å². The number of fused-ring (bicyclic) bond motifs is 1. The molecule has 0 bridgehead atoms. The Kier molecular flexibility index (Phi) is 5.28. The maximum Gasteiger partial charge on any atom is 0.573 e. The summed E-state index contributed by atoms with van der Waals surface area (Å²) in [7, 11) is 0. The van der Waals surface area contributed by atoms with Crippen molar-refractivity contribution in [1.29, 1.82) is 0 Å². The lowest BCUT2D eigenvalue weighted by Gasteiger charge is -2.11. The first kappa shape index (κ1) is 20.3. The van der Waals surface area contributed by atoms with Gasteiger partial charge in [-0.15, -0.1) is 13.2 Å². The Hall–Kier alpha value is -3.95. The van der Waals surface area contributed by atoms with E-state index in [2.05, 4.69) is 20.1 Å². The number of anilines is 1. The number of nitrogens with zero attached hydrogens (tertiary/aromatic N) is 3. The van der Waals surface area contributed by atoms with Gasteiger partial charge in [0, 0.05) is 18.0 Å². The van der Waals surface area contributed by atoms with Gasteiger partial charge in [0.1, 0.15) is 6.33 Å². The predicted molar refractivity (Wildman–Crippen MR) is 104 cm³/mol. The molecule has 2 aromatic heterocycles. The largest absolute Gasteiger partial charge is 0.573 e. The van der Waals surface area contributed by atoms with Gasteiger partial charge in [0.15, 0.2) is 17.2 Å². The highest BCUT2D eigenvalue weighted by Crippen LogP contribution is 2.27. The van der Waals surface area contributed by atoms with Gasteiger partial charge >= 0.3 is 6.36 Å². The van der Waals surface area contributed by atoms with Crippen LogP contribution in [0.5, 0.6) is 5.75 Å². The summed E-state index contributed by atoms with van der Waals surface area (Å²) in [6.45, 7) is 0. The molecule has 0 atom stereocenters. The number of amides is 1. The first-order valence-corrected chi connectivity index (χ1v) is 9.01. The Morgan fingerprint density at radius 2 is 1.81 bits per heavy atom. The van der Waals surface area contributed by atoms with E-state index in [1.54, 1.807) is 22.8 Å². The molecule has 6 nitrogen and oxygen atoms in total. The number of ether oxygens (including phenoxy) is 1. The van der Waals surface area contributed by atoms with E-state index in [9.17, 15) is 22.4 Å². The zero-order valence-electron chi connectivity index (χ0n) is 15.7. The van der Waals surface area contributed by atoms with Crippen molar-refractivity contribution in [2.24, 2.45) is 0 Å². The Morgan fingerprint density at radius 1 is 1.03 bits per heavy atom. The Balaban J connectivity index is 1.40. The zero-order chi connectivity index (χ0) is 22.0. The van der Waals surface area contributed by atoms with Crippen molar-refractivity contribution >= 4 is 17.2 Å². The molecule has 0 saturated carbocycles. The minimum absolute atomic E-state index is 0.00587. The summed E-state index contributed by atoms with van der Waals surface area (Å²) in [6, 6.07) is 13.8. The molecule has 10 heteroatoms. The number of carbonyl (C=O) groups excluding carboxylic acids is 1. The number of carbonyl (C=O) groups is 1. The van der Waals surface area contributed by atoms with Crippen LogP contribution in [0.3, 0.4) is 0 Å². The molecule has 0 spiro atoms. The fourth-order valence-electron chi connectivity index (χ4n) is 2.99. The molecule has 158 valence electrons. The molecule has 4 aromatic rings. The fourth-order valence-corrected chi connectivity index (χ4v) is 2.99. The molecule has 1 N–H and O–H groups in total. The van der Waals surface area contributed by atoms with Crippen molar-refractivity contribution in [3.63, 3.8) is 0 Å². The molecular weight excluding hydrogens is 416 g/mol. The SMILES string of the molecule is O=C(Cc1ccc(-c2ccn3ncnc3c2)cc1)Nc1ccc(OC(F)(F)F)c(F)c1. The fraction of sp³-hybridized carbons (Fsp3) is 0.0952. The van der Waals surface area contributed by atoms with E-state index in [0.29, 0.717) is 11.2 Å². The Labute approximate surface area is 173 Å². The number of halogens is 4. The third-order valence-corrected chi connectivity index (χ3v) is 4.37. The summed E-state index contributed by atoms with van der Waals surface area (Å²) < 4.78 is 55.6. The van der Waals surface area contributed by atoms with Crippen LogP contribution >= 0.6 is 0 Å². The average molecular weight is 430 g/mol. The van der Waals surface area contributed by atoms with E-state index in [1.807, 2.05) is 24.3 Å². The molecule has 2 aromatic carbocycles. The summed E-state index contributed by atoms with van der Waals surface area (Å²) in [4.78, 5) is 16.4. The van der Waals surface area contributed by atoms with E-state index in [4.69, 9.17) is 0 Å². The summed E-state index contributed by atoms with van der Waals surface area (Å²) in [5.41, 5.74) is 3.31. The van der Waals surface area contributed by atoms with E-state index >= 15 is 0 Å². The maximum atomic E-state index is 13.8.